The van der Waals surface area contributed by atoms with E-state index >= 15 is 0 Å². The van der Waals surface area contributed by atoms with Crippen molar-refractivity contribution in [1.29, 1.82) is 0 Å². The zero-order valence-corrected chi connectivity index (χ0v) is 12.8. The average Bonchev–Trinajstić information content (AvgIpc) is 2.83. The Balaban J connectivity index is 1.49. The molecule has 110 valence electrons. The molecule has 0 amide bonds. The zero-order chi connectivity index (χ0) is 13.9. The van der Waals surface area contributed by atoms with Crippen LogP contribution in [0.15, 0.2) is 24.3 Å². The molecule has 1 N–H and O–H groups in total. The summed E-state index contributed by atoms with van der Waals surface area (Å²) in [5.74, 6) is 1.61. The Hall–Kier alpha value is -1.06. The van der Waals surface area contributed by atoms with E-state index in [-0.39, 0.29) is 0 Å². The van der Waals surface area contributed by atoms with Crippen molar-refractivity contribution < 1.29 is 0 Å². The molecule has 2 aliphatic heterocycles. The first-order valence-corrected chi connectivity index (χ1v) is 7.89. The minimum Gasteiger partial charge on any atom is -0.384 e. The summed E-state index contributed by atoms with van der Waals surface area (Å²) in [6, 6.07) is 8.74. The molecule has 0 aromatic heterocycles. The Kier molecular flexibility index (Phi) is 4.27. The molecule has 3 heteroatoms. The highest BCUT2D eigenvalue weighted by Crippen LogP contribution is 2.25. The van der Waals surface area contributed by atoms with E-state index in [9.17, 15) is 0 Å². The van der Waals surface area contributed by atoms with Crippen LogP contribution < -0.4 is 5.32 Å². The molecule has 2 heterocycles. The van der Waals surface area contributed by atoms with E-state index < -0.39 is 0 Å². The Morgan fingerprint density at radius 1 is 1.25 bits per heavy atom. The van der Waals surface area contributed by atoms with Crippen LogP contribution in [-0.2, 0) is 6.42 Å². The van der Waals surface area contributed by atoms with E-state index in [4.69, 9.17) is 0 Å². The maximum Gasteiger partial charge on any atom is 0.0372 e. The topological polar surface area (TPSA) is 18.5 Å². The third kappa shape index (κ3) is 3.33. The highest BCUT2D eigenvalue weighted by molar-refractivity contribution is 5.53. The monoisotopic (exact) mass is 273 g/mol. The molecule has 1 aromatic rings. The molecule has 20 heavy (non-hydrogen) atoms. The largest absolute Gasteiger partial charge is 0.384 e. The fourth-order valence-electron chi connectivity index (χ4n) is 3.77. The summed E-state index contributed by atoms with van der Waals surface area (Å²) in [7, 11) is 4.53. The normalized spacial score (nSPS) is 26.6. The molecule has 1 aromatic carbocycles. The summed E-state index contributed by atoms with van der Waals surface area (Å²) in [4.78, 5) is 5.00. The van der Waals surface area contributed by atoms with Gasteiger partial charge in [-0.25, -0.2) is 0 Å². The fourth-order valence-corrected chi connectivity index (χ4v) is 3.77. The molecule has 0 saturated carbocycles. The zero-order valence-electron chi connectivity index (χ0n) is 12.8. The first kappa shape index (κ1) is 13.9. The molecule has 2 unspecified atom stereocenters. The maximum absolute atomic E-state index is 3.58. The average molecular weight is 273 g/mol. The predicted octanol–water partition coefficient (Wildman–Crippen LogP) is 2.15. The quantitative estimate of drug-likeness (QED) is 0.907. The molecular weight excluding hydrogens is 246 g/mol. The molecular formula is C17H27N3. The Morgan fingerprint density at radius 3 is 2.85 bits per heavy atom. The van der Waals surface area contributed by atoms with Crippen LogP contribution in [-0.4, -0.2) is 56.6 Å². The van der Waals surface area contributed by atoms with Gasteiger partial charge < -0.3 is 15.1 Å². The summed E-state index contributed by atoms with van der Waals surface area (Å²) in [6.45, 7) is 6.13. The number of anilines is 1. The third-order valence-electron chi connectivity index (χ3n) is 4.74. The first-order valence-electron chi connectivity index (χ1n) is 7.89. The lowest BCUT2D eigenvalue weighted by Crippen LogP contribution is -2.36. The molecule has 0 radical (unpaired) electrons. The molecule has 2 atom stereocenters. The SMILES string of the molecule is CN1CCC(CN(C)CC2CNc3ccccc3C2)C1. The summed E-state index contributed by atoms with van der Waals surface area (Å²) in [5, 5.41) is 3.58. The van der Waals surface area contributed by atoms with Crippen molar-refractivity contribution in [3.05, 3.63) is 29.8 Å². The van der Waals surface area contributed by atoms with Crippen molar-refractivity contribution in [2.24, 2.45) is 11.8 Å². The van der Waals surface area contributed by atoms with E-state index in [0.29, 0.717) is 0 Å². The van der Waals surface area contributed by atoms with Crippen LogP contribution in [0, 0.1) is 11.8 Å². The maximum atomic E-state index is 3.58. The van der Waals surface area contributed by atoms with Crippen molar-refractivity contribution in [3.63, 3.8) is 0 Å². The minimum atomic E-state index is 0.744. The predicted molar refractivity (Wildman–Crippen MR) is 85.2 cm³/mol. The Labute approximate surface area is 123 Å². The first-order chi connectivity index (χ1) is 9.70. The molecule has 0 bridgehead atoms. The van der Waals surface area contributed by atoms with Crippen molar-refractivity contribution in [1.82, 2.24) is 9.80 Å². The van der Waals surface area contributed by atoms with Gasteiger partial charge in [0, 0.05) is 31.9 Å². The van der Waals surface area contributed by atoms with Gasteiger partial charge in [-0.3, -0.25) is 0 Å². The van der Waals surface area contributed by atoms with Gasteiger partial charge in [0.25, 0.3) is 0 Å². The molecule has 0 spiro atoms. The van der Waals surface area contributed by atoms with Gasteiger partial charge in [-0.05, 0) is 56.9 Å². The van der Waals surface area contributed by atoms with Crippen LogP contribution in [0.4, 0.5) is 5.69 Å². The second-order valence-corrected chi connectivity index (χ2v) is 6.75. The lowest BCUT2D eigenvalue weighted by atomic mass is 9.93. The number of rotatable bonds is 4. The van der Waals surface area contributed by atoms with E-state index in [1.807, 2.05) is 0 Å². The van der Waals surface area contributed by atoms with Crippen LogP contribution in [0.2, 0.25) is 0 Å². The summed E-state index contributed by atoms with van der Waals surface area (Å²) in [6.07, 6.45) is 2.59. The number of likely N-dealkylation sites (tertiary alicyclic amines) is 1. The molecule has 1 saturated heterocycles. The van der Waals surface area contributed by atoms with E-state index in [0.717, 1.165) is 18.4 Å². The Morgan fingerprint density at radius 2 is 2.05 bits per heavy atom. The van der Waals surface area contributed by atoms with Gasteiger partial charge in [0.15, 0.2) is 0 Å². The highest BCUT2D eigenvalue weighted by atomic mass is 15.2. The summed E-state index contributed by atoms with van der Waals surface area (Å²) in [5.41, 5.74) is 2.82. The van der Waals surface area contributed by atoms with Gasteiger partial charge in [-0.15, -0.1) is 0 Å². The van der Waals surface area contributed by atoms with Crippen molar-refractivity contribution >= 4 is 5.69 Å². The smallest absolute Gasteiger partial charge is 0.0372 e. The molecule has 3 nitrogen and oxygen atoms in total. The van der Waals surface area contributed by atoms with Gasteiger partial charge in [0.2, 0.25) is 0 Å². The van der Waals surface area contributed by atoms with Crippen molar-refractivity contribution in [2.45, 2.75) is 12.8 Å². The summed E-state index contributed by atoms with van der Waals surface area (Å²) < 4.78 is 0. The van der Waals surface area contributed by atoms with Gasteiger partial charge >= 0.3 is 0 Å². The lowest BCUT2D eigenvalue weighted by Gasteiger charge is -2.30. The van der Waals surface area contributed by atoms with Gasteiger partial charge in [-0.1, -0.05) is 18.2 Å². The Bertz CT molecular complexity index is 446. The number of para-hydroxylation sites is 1. The number of hydrogen-bond donors (Lipinski definition) is 1. The molecule has 2 aliphatic rings. The molecule has 1 fully saturated rings. The number of fused-ring (bicyclic) bond motifs is 1. The van der Waals surface area contributed by atoms with Crippen LogP contribution in [0.25, 0.3) is 0 Å². The number of nitrogens with one attached hydrogen (secondary N) is 1. The van der Waals surface area contributed by atoms with Gasteiger partial charge in [0.1, 0.15) is 0 Å². The van der Waals surface area contributed by atoms with Gasteiger partial charge in [0.05, 0.1) is 0 Å². The number of benzene rings is 1. The van der Waals surface area contributed by atoms with E-state index in [2.05, 4.69) is 53.5 Å². The third-order valence-corrected chi connectivity index (χ3v) is 4.74. The standard InChI is InChI=1S/C17H27N3/c1-19-8-7-14(11-19)12-20(2)13-15-9-16-5-3-4-6-17(16)18-10-15/h3-6,14-15,18H,7-13H2,1-2H3. The van der Waals surface area contributed by atoms with Crippen LogP contribution in [0.1, 0.15) is 12.0 Å². The van der Waals surface area contributed by atoms with Gasteiger partial charge in [-0.2, -0.15) is 0 Å². The number of nitrogens with zero attached hydrogens (tertiary/aromatic N) is 2. The van der Waals surface area contributed by atoms with Crippen LogP contribution >= 0.6 is 0 Å². The lowest BCUT2D eigenvalue weighted by molar-refractivity contribution is 0.238. The van der Waals surface area contributed by atoms with Crippen LogP contribution in [0.3, 0.4) is 0 Å². The molecule has 3 rings (SSSR count). The van der Waals surface area contributed by atoms with E-state index in [1.165, 1.54) is 50.3 Å². The number of hydrogen-bond acceptors (Lipinski definition) is 3. The van der Waals surface area contributed by atoms with E-state index in [1.54, 1.807) is 0 Å². The summed E-state index contributed by atoms with van der Waals surface area (Å²) >= 11 is 0. The van der Waals surface area contributed by atoms with Crippen LogP contribution in [0.5, 0.6) is 0 Å². The minimum absolute atomic E-state index is 0.744. The fraction of sp³-hybridized carbons (Fsp3) is 0.647. The highest BCUT2D eigenvalue weighted by Gasteiger charge is 2.23. The second kappa shape index (κ2) is 6.15. The second-order valence-electron chi connectivity index (χ2n) is 6.75. The molecule has 0 aliphatic carbocycles. The van der Waals surface area contributed by atoms with Crippen molar-refractivity contribution in [3.8, 4) is 0 Å². The van der Waals surface area contributed by atoms with Crippen molar-refractivity contribution in [2.75, 3.05) is 52.1 Å².